The van der Waals surface area contributed by atoms with Crippen molar-refractivity contribution in [3.8, 4) is 11.3 Å². The van der Waals surface area contributed by atoms with Crippen molar-refractivity contribution in [2.45, 2.75) is 37.8 Å². The number of aliphatic carboxylic acids is 1. The van der Waals surface area contributed by atoms with Crippen LogP contribution in [0.5, 0.6) is 0 Å². The van der Waals surface area contributed by atoms with Crippen LogP contribution in [-0.2, 0) is 16.1 Å². The molecule has 1 amide bonds. The Hall–Kier alpha value is -2.70. The number of carbonyl (C=O) groups is 2. The van der Waals surface area contributed by atoms with Gasteiger partial charge in [-0.05, 0) is 12.8 Å². The smallest absolute Gasteiger partial charge is 0.329 e. The summed E-state index contributed by atoms with van der Waals surface area (Å²) < 4.78 is 1.42. The molecule has 0 radical (unpaired) electrons. The molecule has 7 nitrogen and oxygen atoms in total. The number of carboxylic acids is 1. The van der Waals surface area contributed by atoms with Crippen LogP contribution in [0.25, 0.3) is 11.3 Å². The highest BCUT2D eigenvalue weighted by molar-refractivity contribution is 5.87. The maximum atomic E-state index is 12.2. The zero-order valence-electron chi connectivity index (χ0n) is 12.6. The van der Waals surface area contributed by atoms with Gasteiger partial charge in [-0.3, -0.25) is 4.79 Å². The summed E-state index contributed by atoms with van der Waals surface area (Å²) in [5.41, 5.74) is 0.462. The van der Waals surface area contributed by atoms with Gasteiger partial charge >= 0.3 is 5.97 Å². The highest BCUT2D eigenvalue weighted by Crippen LogP contribution is 2.29. The van der Waals surface area contributed by atoms with E-state index in [1.165, 1.54) is 4.68 Å². The summed E-state index contributed by atoms with van der Waals surface area (Å²) in [6.45, 7) is -0.0468. The van der Waals surface area contributed by atoms with E-state index in [0.717, 1.165) is 18.4 Å². The van der Waals surface area contributed by atoms with E-state index in [4.69, 9.17) is 0 Å². The number of amides is 1. The van der Waals surface area contributed by atoms with Crippen molar-refractivity contribution in [1.29, 1.82) is 0 Å². The maximum Gasteiger partial charge on any atom is 0.329 e. The predicted octanol–water partition coefficient (Wildman–Crippen LogP) is 1.46. The monoisotopic (exact) mass is 314 g/mol. The van der Waals surface area contributed by atoms with Crippen molar-refractivity contribution in [2.24, 2.45) is 0 Å². The molecule has 2 aromatic rings. The van der Waals surface area contributed by atoms with Crippen LogP contribution in [0.2, 0.25) is 0 Å². The van der Waals surface area contributed by atoms with Crippen molar-refractivity contribution in [3.63, 3.8) is 0 Å². The molecule has 0 bridgehead atoms. The van der Waals surface area contributed by atoms with Crippen molar-refractivity contribution in [2.75, 3.05) is 0 Å². The number of nitrogens with one attached hydrogen (secondary N) is 1. The molecule has 1 fully saturated rings. The fourth-order valence-electron chi connectivity index (χ4n) is 2.94. The lowest BCUT2D eigenvalue weighted by Gasteiger charge is -2.25. The maximum absolute atomic E-state index is 12.2. The second-order valence-corrected chi connectivity index (χ2v) is 5.81. The molecule has 1 aromatic heterocycles. The quantitative estimate of drug-likeness (QED) is 0.871. The largest absolute Gasteiger partial charge is 0.480 e. The van der Waals surface area contributed by atoms with Gasteiger partial charge in [0.05, 0.1) is 6.20 Å². The Morgan fingerprint density at radius 1 is 1.22 bits per heavy atom. The van der Waals surface area contributed by atoms with Crippen LogP contribution in [0, 0.1) is 0 Å². The first-order valence-corrected chi connectivity index (χ1v) is 7.59. The van der Waals surface area contributed by atoms with E-state index in [-0.39, 0.29) is 12.5 Å². The predicted molar refractivity (Wildman–Crippen MR) is 82.4 cm³/mol. The first-order chi connectivity index (χ1) is 11.1. The van der Waals surface area contributed by atoms with Crippen LogP contribution >= 0.6 is 0 Å². The van der Waals surface area contributed by atoms with E-state index in [2.05, 4.69) is 15.6 Å². The van der Waals surface area contributed by atoms with Gasteiger partial charge in [-0.1, -0.05) is 48.4 Å². The Kier molecular flexibility index (Phi) is 4.10. The number of benzene rings is 1. The molecule has 0 saturated heterocycles. The number of carbonyl (C=O) groups excluding carboxylic acids is 1. The Morgan fingerprint density at radius 2 is 1.91 bits per heavy atom. The molecule has 2 N–H and O–H groups in total. The molecule has 0 atom stereocenters. The summed E-state index contributed by atoms with van der Waals surface area (Å²) in [6, 6.07) is 9.53. The summed E-state index contributed by atoms with van der Waals surface area (Å²) in [7, 11) is 0. The second kappa shape index (κ2) is 6.20. The number of nitrogens with zero attached hydrogens (tertiary/aromatic N) is 3. The minimum Gasteiger partial charge on any atom is -0.480 e. The minimum atomic E-state index is -1.13. The van der Waals surface area contributed by atoms with Gasteiger partial charge in [-0.25, -0.2) is 9.48 Å². The molecule has 1 aliphatic carbocycles. The summed E-state index contributed by atoms with van der Waals surface area (Å²) in [5, 5.41) is 20.0. The highest BCUT2D eigenvalue weighted by atomic mass is 16.4. The molecule has 1 aromatic carbocycles. The van der Waals surface area contributed by atoms with Gasteiger partial charge in [-0.15, -0.1) is 5.10 Å². The van der Waals surface area contributed by atoms with Crippen LogP contribution in [0.15, 0.2) is 36.5 Å². The molecule has 1 aliphatic rings. The number of hydrogen-bond donors (Lipinski definition) is 2. The van der Waals surface area contributed by atoms with Crippen LogP contribution in [0.3, 0.4) is 0 Å². The number of carboxylic acid groups (broad SMARTS) is 1. The van der Waals surface area contributed by atoms with E-state index in [1.54, 1.807) is 6.20 Å². The van der Waals surface area contributed by atoms with Gasteiger partial charge < -0.3 is 10.4 Å². The summed E-state index contributed by atoms with van der Waals surface area (Å²) in [5.74, 6) is -1.33. The lowest BCUT2D eigenvalue weighted by Crippen LogP contribution is -2.53. The first-order valence-electron chi connectivity index (χ1n) is 7.59. The summed E-state index contributed by atoms with van der Waals surface area (Å²) >= 11 is 0. The SMILES string of the molecule is O=C(Cn1cc(-c2ccccc2)nn1)NC1(C(=O)O)CCCC1. The van der Waals surface area contributed by atoms with Gasteiger partial charge in [0, 0.05) is 5.56 Å². The van der Waals surface area contributed by atoms with Crippen LogP contribution in [-0.4, -0.2) is 37.5 Å². The third kappa shape index (κ3) is 3.23. The zero-order valence-corrected chi connectivity index (χ0v) is 12.6. The highest BCUT2D eigenvalue weighted by Gasteiger charge is 2.42. The van der Waals surface area contributed by atoms with Gasteiger partial charge in [0.15, 0.2) is 0 Å². The lowest BCUT2D eigenvalue weighted by atomic mass is 9.98. The Bertz CT molecular complexity index is 705. The van der Waals surface area contributed by atoms with Crippen LogP contribution in [0.1, 0.15) is 25.7 Å². The Morgan fingerprint density at radius 3 is 2.57 bits per heavy atom. The molecule has 23 heavy (non-hydrogen) atoms. The van der Waals surface area contributed by atoms with Crippen molar-refractivity contribution < 1.29 is 14.7 Å². The molecular weight excluding hydrogens is 296 g/mol. The standard InChI is InChI=1S/C16H18N4O3/c21-14(17-16(15(22)23)8-4-5-9-16)11-20-10-13(18-19-20)12-6-2-1-3-7-12/h1-3,6-7,10H,4-5,8-9,11H2,(H,17,21)(H,22,23). The van der Waals surface area contributed by atoms with Crippen molar-refractivity contribution >= 4 is 11.9 Å². The number of rotatable bonds is 5. The summed E-state index contributed by atoms with van der Waals surface area (Å²) in [6.07, 6.45) is 4.25. The normalized spacial score (nSPS) is 16.2. The van der Waals surface area contributed by atoms with Crippen LogP contribution < -0.4 is 5.32 Å². The van der Waals surface area contributed by atoms with Gasteiger partial charge in [0.2, 0.25) is 5.91 Å². The van der Waals surface area contributed by atoms with E-state index in [9.17, 15) is 14.7 Å². The van der Waals surface area contributed by atoms with Crippen molar-refractivity contribution in [3.05, 3.63) is 36.5 Å². The van der Waals surface area contributed by atoms with Gasteiger partial charge in [0.25, 0.3) is 0 Å². The van der Waals surface area contributed by atoms with E-state index < -0.39 is 11.5 Å². The van der Waals surface area contributed by atoms with E-state index in [0.29, 0.717) is 18.5 Å². The fourth-order valence-corrected chi connectivity index (χ4v) is 2.94. The topological polar surface area (TPSA) is 97.1 Å². The molecule has 0 spiro atoms. The third-order valence-electron chi connectivity index (χ3n) is 4.16. The Balaban J connectivity index is 1.67. The van der Waals surface area contributed by atoms with E-state index in [1.807, 2.05) is 30.3 Å². The van der Waals surface area contributed by atoms with Gasteiger partial charge in [0.1, 0.15) is 17.8 Å². The van der Waals surface area contributed by atoms with Crippen molar-refractivity contribution in [1.82, 2.24) is 20.3 Å². The molecule has 0 unspecified atom stereocenters. The second-order valence-electron chi connectivity index (χ2n) is 5.81. The number of hydrogen-bond acceptors (Lipinski definition) is 4. The molecular formula is C16H18N4O3. The zero-order chi connectivity index (χ0) is 16.3. The first kappa shape index (κ1) is 15.2. The summed E-state index contributed by atoms with van der Waals surface area (Å²) in [4.78, 5) is 23.6. The van der Waals surface area contributed by atoms with Crippen LogP contribution in [0.4, 0.5) is 0 Å². The molecule has 0 aliphatic heterocycles. The molecule has 1 saturated carbocycles. The third-order valence-corrected chi connectivity index (χ3v) is 4.16. The molecule has 120 valence electrons. The molecule has 1 heterocycles. The lowest BCUT2D eigenvalue weighted by molar-refractivity contribution is -0.147. The van der Waals surface area contributed by atoms with Gasteiger partial charge in [-0.2, -0.15) is 0 Å². The minimum absolute atomic E-state index is 0.0468. The average Bonchev–Trinajstić information content (AvgIpc) is 3.18. The average molecular weight is 314 g/mol. The van der Waals surface area contributed by atoms with E-state index >= 15 is 0 Å². The number of aromatic nitrogens is 3. The Labute approximate surface area is 133 Å². The molecule has 3 rings (SSSR count). The molecule has 7 heteroatoms. The fraction of sp³-hybridized carbons (Fsp3) is 0.375.